The maximum absolute atomic E-state index is 13.6. The molecule has 0 bridgehead atoms. The summed E-state index contributed by atoms with van der Waals surface area (Å²) in [7, 11) is 1.50. The number of alkyl halides is 1. The molecule has 3 aromatic rings. The summed E-state index contributed by atoms with van der Waals surface area (Å²) >= 11 is 9.39. The molecule has 5 atom stereocenters. The Labute approximate surface area is 271 Å². The summed E-state index contributed by atoms with van der Waals surface area (Å²) in [4.78, 5) is 61.5. The number of nitrogens with zero attached hydrogens (tertiary/aromatic N) is 1. The van der Waals surface area contributed by atoms with Crippen molar-refractivity contribution in [1.29, 1.82) is 0 Å². The second-order valence-electron chi connectivity index (χ2n) is 10.2. The van der Waals surface area contributed by atoms with Crippen molar-refractivity contribution >= 4 is 68.2 Å². The first-order valence-electron chi connectivity index (χ1n) is 13.8. The molecule has 12 nitrogen and oxygen atoms in total. The van der Waals surface area contributed by atoms with E-state index >= 15 is 0 Å². The number of ether oxygens (including phenoxy) is 6. The van der Waals surface area contributed by atoms with Gasteiger partial charge in [-0.15, -0.1) is 0 Å². The van der Waals surface area contributed by atoms with Crippen molar-refractivity contribution in [3.05, 3.63) is 64.3 Å². The molecule has 2 heterocycles. The van der Waals surface area contributed by atoms with E-state index in [2.05, 4.69) is 15.9 Å². The molecule has 2 aromatic carbocycles. The van der Waals surface area contributed by atoms with Crippen LogP contribution in [0.25, 0.3) is 10.9 Å². The van der Waals surface area contributed by atoms with Crippen LogP contribution in [0.5, 0.6) is 5.75 Å². The number of hydrogen-bond donors (Lipinski definition) is 0. The molecule has 45 heavy (non-hydrogen) atoms. The van der Waals surface area contributed by atoms with Gasteiger partial charge in [0.25, 0.3) is 5.91 Å². The van der Waals surface area contributed by atoms with Gasteiger partial charge in [0.2, 0.25) is 6.29 Å². The number of esters is 4. The first kappa shape index (κ1) is 33.9. The van der Waals surface area contributed by atoms with Crippen molar-refractivity contribution in [2.75, 3.05) is 13.7 Å². The number of carbonyl (C=O) groups is 5. The third-order valence-corrected chi connectivity index (χ3v) is 8.24. The van der Waals surface area contributed by atoms with E-state index in [-0.39, 0.29) is 18.9 Å². The zero-order valence-electron chi connectivity index (χ0n) is 25.0. The lowest BCUT2D eigenvalue weighted by Gasteiger charge is -2.42. The Morgan fingerprint density at radius 1 is 0.911 bits per heavy atom. The Morgan fingerprint density at radius 3 is 2.16 bits per heavy atom. The molecule has 0 radical (unpaired) electrons. The van der Waals surface area contributed by atoms with Gasteiger partial charge in [-0.05, 0) is 55.0 Å². The lowest BCUT2D eigenvalue weighted by molar-refractivity contribution is -0.256. The van der Waals surface area contributed by atoms with Crippen LogP contribution in [-0.4, -0.2) is 77.5 Å². The van der Waals surface area contributed by atoms with Crippen molar-refractivity contribution in [2.24, 2.45) is 0 Å². The molecule has 1 saturated heterocycles. The second-order valence-corrected chi connectivity index (χ2v) is 11.7. The Balaban J connectivity index is 1.66. The summed E-state index contributed by atoms with van der Waals surface area (Å²) in [6, 6.07) is 11.6. The predicted octanol–water partition coefficient (Wildman–Crippen LogP) is 4.30. The van der Waals surface area contributed by atoms with Gasteiger partial charge >= 0.3 is 23.9 Å². The molecule has 14 heteroatoms. The summed E-state index contributed by atoms with van der Waals surface area (Å²) in [5.74, 6) is -2.58. The zero-order chi connectivity index (χ0) is 33.0. The van der Waals surface area contributed by atoms with E-state index in [9.17, 15) is 24.0 Å². The number of aromatic nitrogens is 1. The minimum atomic E-state index is -1.35. The van der Waals surface area contributed by atoms with E-state index < -0.39 is 53.3 Å². The van der Waals surface area contributed by atoms with Crippen LogP contribution in [0.2, 0.25) is 5.02 Å². The molecular weight excluding hydrogens is 678 g/mol. The van der Waals surface area contributed by atoms with Gasteiger partial charge < -0.3 is 28.4 Å². The van der Waals surface area contributed by atoms with E-state index in [1.54, 1.807) is 49.4 Å². The Kier molecular flexibility index (Phi) is 10.9. The van der Waals surface area contributed by atoms with Crippen LogP contribution in [0.15, 0.2) is 42.5 Å². The van der Waals surface area contributed by atoms with Gasteiger partial charge in [-0.1, -0.05) is 27.5 Å². The minimum absolute atomic E-state index is 0.282. The lowest BCUT2D eigenvalue weighted by Crippen LogP contribution is -2.60. The molecule has 4 rings (SSSR count). The smallest absolute Gasteiger partial charge is 0.312 e. The average Bonchev–Trinajstić information content (AvgIpc) is 3.24. The number of rotatable bonds is 9. The number of halogens is 2. The third kappa shape index (κ3) is 7.84. The molecule has 1 aromatic heterocycles. The maximum Gasteiger partial charge on any atom is 0.312 e. The molecule has 1 aliphatic rings. The van der Waals surface area contributed by atoms with Crippen LogP contribution in [0.1, 0.15) is 42.4 Å². The van der Waals surface area contributed by atoms with Crippen LogP contribution in [0.3, 0.4) is 0 Å². The van der Waals surface area contributed by atoms with Crippen molar-refractivity contribution < 1.29 is 52.4 Å². The lowest BCUT2D eigenvalue weighted by atomic mass is 10.0. The van der Waals surface area contributed by atoms with E-state index in [0.29, 0.717) is 38.5 Å². The van der Waals surface area contributed by atoms with E-state index in [1.165, 1.54) is 25.5 Å². The van der Waals surface area contributed by atoms with Crippen molar-refractivity contribution in [1.82, 2.24) is 4.57 Å². The highest BCUT2D eigenvalue weighted by molar-refractivity contribution is 9.09. The van der Waals surface area contributed by atoms with Crippen LogP contribution >= 0.6 is 27.5 Å². The first-order valence-corrected chi connectivity index (χ1v) is 15.0. The highest BCUT2D eigenvalue weighted by Crippen LogP contribution is 2.34. The van der Waals surface area contributed by atoms with Gasteiger partial charge in [-0.25, -0.2) is 0 Å². The van der Waals surface area contributed by atoms with Crippen LogP contribution in [0, 0.1) is 6.92 Å². The van der Waals surface area contributed by atoms with E-state index in [0.717, 1.165) is 6.92 Å². The van der Waals surface area contributed by atoms with Crippen LogP contribution in [0.4, 0.5) is 0 Å². The summed E-state index contributed by atoms with van der Waals surface area (Å²) in [5.41, 5.74) is 1.93. The van der Waals surface area contributed by atoms with Crippen LogP contribution < -0.4 is 4.74 Å². The molecule has 0 aliphatic carbocycles. The SMILES string of the molecule is COc1ccc2c(c1)c(CC(=O)O[C@@H]1O[C@H](COC(C)=O)[C@@H](OC(C)=O)[C@H](OC(C)=O)[C@@H]1Br)c(C)n2C(=O)c1ccc(Cl)cc1. The standard InChI is InChI=1S/C31H31BrClNO11/c1-15-22(23-12-21(40-5)10-11-24(23)34(15)30(39)19-6-8-20(33)9-7-19)13-26(38)45-31-27(32)29(43-18(4)37)28(42-17(3)36)25(44-31)14-41-16(2)35/h6-12,25,27-29,31H,13-14H2,1-5H3/t25-,27+,28-,29-,31+/m1/s1. The quantitative estimate of drug-likeness (QED) is 0.178. The van der Waals surface area contributed by atoms with Gasteiger partial charge in [0.1, 0.15) is 23.3 Å². The molecule has 0 saturated carbocycles. The maximum atomic E-state index is 13.6. The highest BCUT2D eigenvalue weighted by atomic mass is 79.9. The summed E-state index contributed by atoms with van der Waals surface area (Å²) in [6.07, 6.45) is -5.12. The summed E-state index contributed by atoms with van der Waals surface area (Å²) < 4.78 is 34.4. The monoisotopic (exact) mass is 707 g/mol. The molecule has 0 amide bonds. The molecule has 0 unspecified atom stereocenters. The Bertz CT molecular complexity index is 1620. The molecule has 0 spiro atoms. The Hall–Kier alpha value is -3.94. The van der Waals surface area contributed by atoms with Gasteiger partial charge in [0.05, 0.1) is 19.0 Å². The highest BCUT2D eigenvalue weighted by Gasteiger charge is 2.51. The number of benzene rings is 2. The van der Waals surface area contributed by atoms with Crippen LogP contribution in [-0.2, 0) is 49.3 Å². The fourth-order valence-electron chi connectivity index (χ4n) is 5.07. The van der Waals surface area contributed by atoms with Crippen molar-refractivity contribution in [3.63, 3.8) is 0 Å². The predicted molar refractivity (Wildman–Crippen MR) is 163 cm³/mol. The van der Waals surface area contributed by atoms with Gasteiger partial charge in [-0.2, -0.15) is 0 Å². The number of carbonyl (C=O) groups excluding carboxylic acids is 5. The van der Waals surface area contributed by atoms with E-state index in [4.69, 9.17) is 40.0 Å². The third-order valence-electron chi connectivity index (χ3n) is 7.03. The number of fused-ring (bicyclic) bond motifs is 1. The van der Waals surface area contributed by atoms with E-state index in [1.807, 2.05) is 0 Å². The molecular formula is C31H31BrClNO11. The molecule has 1 fully saturated rings. The molecule has 0 N–H and O–H groups in total. The number of hydrogen-bond acceptors (Lipinski definition) is 11. The average molecular weight is 709 g/mol. The normalized spacial score (nSPS) is 21.1. The zero-order valence-corrected chi connectivity index (χ0v) is 27.4. The molecule has 240 valence electrons. The number of methoxy groups -OCH3 is 1. The van der Waals surface area contributed by atoms with Gasteiger partial charge in [-0.3, -0.25) is 28.5 Å². The van der Waals surface area contributed by atoms with Gasteiger partial charge in [0, 0.05) is 42.4 Å². The fourth-order valence-corrected chi connectivity index (χ4v) is 5.84. The fraction of sp³-hybridized carbons (Fsp3) is 0.387. The summed E-state index contributed by atoms with van der Waals surface area (Å²) in [6.45, 7) is 4.85. The van der Waals surface area contributed by atoms with Gasteiger partial charge in [0.15, 0.2) is 12.2 Å². The molecule has 1 aliphatic heterocycles. The Morgan fingerprint density at radius 2 is 1.56 bits per heavy atom. The van der Waals surface area contributed by atoms with Crippen molar-refractivity contribution in [3.8, 4) is 5.75 Å². The second kappa shape index (κ2) is 14.4. The topological polar surface area (TPSA) is 146 Å². The van der Waals surface area contributed by atoms with Crippen molar-refractivity contribution in [2.45, 2.75) is 63.5 Å². The largest absolute Gasteiger partial charge is 0.497 e. The summed E-state index contributed by atoms with van der Waals surface area (Å²) in [5, 5.41) is 1.07. The minimum Gasteiger partial charge on any atom is -0.497 e. The first-order chi connectivity index (χ1) is 21.3.